The first-order valence-electron chi connectivity index (χ1n) is 5.53. The summed E-state index contributed by atoms with van der Waals surface area (Å²) in [5, 5.41) is 0. The van der Waals surface area contributed by atoms with E-state index in [0.29, 0.717) is 5.41 Å². The Bertz CT molecular complexity index is 342. The van der Waals surface area contributed by atoms with E-state index in [0.717, 1.165) is 17.6 Å². The molecule has 2 saturated carbocycles. The number of esters is 1. The maximum atomic E-state index is 11.0. The van der Waals surface area contributed by atoms with Gasteiger partial charge in [-0.05, 0) is 50.0 Å². The molecule has 0 unspecified atom stereocenters. The Balaban J connectivity index is 1.94. The molecule has 0 aromatic heterocycles. The first-order chi connectivity index (χ1) is 6.64. The summed E-state index contributed by atoms with van der Waals surface area (Å²) >= 11 is 0. The smallest absolute Gasteiger partial charge is 0.307 e. The zero-order chi connectivity index (χ0) is 9.92. The van der Waals surface area contributed by atoms with Crippen LogP contribution in [0.2, 0.25) is 0 Å². The van der Waals surface area contributed by atoms with Crippen molar-refractivity contribution < 1.29 is 9.53 Å². The van der Waals surface area contributed by atoms with Crippen LogP contribution in [0.25, 0.3) is 0 Å². The first kappa shape index (κ1) is 8.51. The van der Waals surface area contributed by atoms with Crippen LogP contribution in [0.3, 0.4) is 0 Å². The van der Waals surface area contributed by atoms with Gasteiger partial charge in [0.05, 0.1) is 0 Å². The lowest BCUT2D eigenvalue weighted by Crippen LogP contribution is -2.13. The van der Waals surface area contributed by atoms with Gasteiger partial charge in [0.25, 0.3) is 0 Å². The average molecular weight is 192 g/mol. The SMILES string of the molecule is CC(=O)OC1=C(C)C[C@H]2CC[C@@H]3C[C@@]123. The molecule has 14 heavy (non-hydrogen) atoms. The van der Waals surface area contributed by atoms with Crippen LogP contribution in [0.5, 0.6) is 0 Å². The molecule has 3 rings (SSSR count). The maximum Gasteiger partial charge on any atom is 0.307 e. The predicted octanol–water partition coefficient (Wildman–Crippen LogP) is 2.64. The number of ether oxygens (including phenoxy) is 1. The standard InChI is InChI=1S/C12H16O2/c1-7-5-9-3-4-10-6-12(9,10)11(7)14-8(2)13/h9-10H,3-6H2,1-2H3/t9-,10-,12-/m1/s1. The number of hydrogen-bond donors (Lipinski definition) is 0. The Morgan fingerprint density at radius 3 is 2.79 bits per heavy atom. The highest BCUT2D eigenvalue weighted by molar-refractivity contribution is 5.68. The lowest BCUT2D eigenvalue weighted by Gasteiger charge is -2.16. The molecule has 0 aromatic rings. The third-order valence-electron chi connectivity index (χ3n) is 4.35. The van der Waals surface area contributed by atoms with Crippen LogP contribution >= 0.6 is 0 Å². The summed E-state index contributed by atoms with van der Waals surface area (Å²) < 4.78 is 5.42. The maximum absolute atomic E-state index is 11.0. The van der Waals surface area contributed by atoms with Crippen molar-refractivity contribution in [1.29, 1.82) is 0 Å². The molecule has 3 atom stereocenters. The summed E-state index contributed by atoms with van der Waals surface area (Å²) in [6.45, 7) is 3.64. The molecular formula is C12H16O2. The number of carbonyl (C=O) groups excluding carboxylic acids is 1. The second kappa shape index (κ2) is 2.41. The number of rotatable bonds is 1. The van der Waals surface area contributed by atoms with E-state index < -0.39 is 0 Å². The van der Waals surface area contributed by atoms with Crippen molar-refractivity contribution in [3.8, 4) is 0 Å². The van der Waals surface area contributed by atoms with Gasteiger partial charge in [-0.25, -0.2) is 0 Å². The number of hydrogen-bond acceptors (Lipinski definition) is 2. The van der Waals surface area contributed by atoms with Crippen LogP contribution in [0.4, 0.5) is 0 Å². The third-order valence-corrected chi connectivity index (χ3v) is 4.35. The zero-order valence-electron chi connectivity index (χ0n) is 8.80. The summed E-state index contributed by atoms with van der Waals surface area (Å²) in [4.78, 5) is 11.0. The van der Waals surface area contributed by atoms with Crippen LogP contribution in [-0.4, -0.2) is 5.97 Å². The molecule has 0 amide bonds. The van der Waals surface area contributed by atoms with Crippen LogP contribution in [0.1, 0.15) is 39.5 Å². The molecule has 0 radical (unpaired) electrons. The predicted molar refractivity (Wildman–Crippen MR) is 52.3 cm³/mol. The van der Waals surface area contributed by atoms with Crippen molar-refractivity contribution in [2.24, 2.45) is 17.3 Å². The highest BCUT2D eigenvalue weighted by Gasteiger charge is 2.68. The molecule has 0 aliphatic heterocycles. The summed E-state index contributed by atoms with van der Waals surface area (Å²) in [5.74, 6) is 2.53. The fourth-order valence-corrected chi connectivity index (χ4v) is 3.80. The van der Waals surface area contributed by atoms with Crippen molar-refractivity contribution in [1.82, 2.24) is 0 Å². The van der Waals surface area contributed by atoms with Crippen LogP contribution < -0.4 is 0 Å². The van der Waals surface area contributed by atoms with Gasteiger partial charge in [-0.15, -0.1) is 0 Å². The normalized spacial score (nSPS) is 43.6. The molecule has 3 aliphatic carbocycles. The van der Waals surface area contributed by atoms with E-state index in [-0.39, 0.29) is 5.97 Å². The summed E-state index contributed by atoms with van der Waals surface area (Å²) in [6, 6.07) is 0. The zero-order valence-corrected chi connectivity index (χ0v) is 8.80. The monoisotopic (exact) mass is 192 g/mol. The Labute approximate surface area is 84.3 Å². The molecule has 76 valence electrons. The van der Waals surface area contributed by atoms with Crippen LogP contribution in [0.15, 0.2) is 11.3 Å². The Hall–Kier alpha value is -0.790. The Morgan fingerprint density at radius 2 is 2.14 bits per heavy atom. The van der Waals surface area contributed by atoms with Crippen molar-refractivity contribution >= 4 is 5.97 Å². The molecule has 0 saturated heterocycles. The quantitative estimate of drug-likeness (QED) is 0.597. The summed E-state index contributed by atoms with van der Waals surface area (Å²) in [5.41, 5.74) is 1.66. The molecule has 1 spiro atoms. The first-order valence-corrected chi connectivity index (χ1v) is 5.53. The van der Waals surface area contributed by atoms with Gasteiger partial charge in [0, 0.05) is 12.3 Å². The molecule has 0 N–H and O–H groups in total. The minimum atomic E-state index is -0.146. The fraction of sp³-hybridized carbons (Fsp3) is 0.750. The van der Waals surface area contributed by atoms with E-state index in [2.05, 4.69) is 6.92 Å². The molecule has 0 aromatic carbocycles. The summed E-state index contributed by atoms with van der Waals surface area (Å²) in [7, 11) is 0. The van der Waals surface area contributed by atoms with Gasteiger partial charge in [0.1, 0.15) is 5.76 Å². The third kappa shape index (κ3) is 0.844. The van der Waals surface area contributed by atoms with E-state index in [1.54, 1.807) is 0 Å². The Morgan fingerprint density at radius 1 is 1.43 bits per heavy atom. The number of allylic oxidation sites excluding steroid dienone is 2. The van der Waals surface area contributed by atoms with Gasteiger partial charge in [-0.1, -0.05) is 0 Å². The van der Waals surface area contributed by atoms with Crippen molar-refractivity contribution in [3.05, 3.63) is 11.3 Å². The van der Waals surface area contributed by atoms with Crippen LogP contribution in [-0.2, 0) is 9.53 Å². The topological polar surface area (TPSA) is 26.3 Å². The van der Waals surface area contributed by atoms with E-state index in [9.17, 15) is 4.79 Å². The molecule has 2 heteroatoms. The van der Waals surface area contributed by atoms with Crippen molar-refractivity contribution in [2.45, 2.75) is 39.5 Å². The molecule has 2 fully saturated rings. The second-order valence-corrected chi connectivity index (χ2v) is 5.12. The van der Waals surface area contributed by atoms with E-state index in [1.807, 2.05) is 0 Å². The molecule has 0 heterocycles. The van der Waals surface area contributed by atoms with Crippen LogP contribution in [0, 0.1) is 17.3 Å². The lowest BCUT2D eigenvalue weighted by atomic mass is 9.93. The lowest BCUT2D eigenvalue weighted by molar-refractivity contribution is -0.138. The van der Waals surface area contributed by atoms with Gasteiger partial charge in [0.2, 0.25) is 0 Å². The van der Waals surface area contributed by atoms with Gasteiger partial charge >= 0.3 is 5.97 Å². The van der Waals surface area contributed by atoms with Gasteiger partial charge in [0.15, 0.2) is 0 Å². The minimum Gasteiger partial charge on any atom is -0.431 e. The summed E-state index contributed by atoms with van der Waals surface area (Å²) in [6.07, 6.45) is 5.13. The van der Waals surface area contributed by atoms with Gasteiger partial charge in [-0.3, -0.25) is 4.79 Å². The average Bonchev–Trinajstić information content (AvgIpc) is 2.65. The molecule has 0 bridgehead atoms. The Kier molecular flexibility index (Phi) is 1.47. The van der Waals surface area contributed by atoms with Crippen molar-refractivity contribution in [2.75, 3.05) is 0 Å². The van der Waals surface area contributed by atoms with E-state index in [4.69, 9.17) is 4.74 Å². The largest absolute Gasteiger partial charge is 0.431 e. The molecular weight excluding hydrogens is 176 g/mol. The highest BCUT2D eigenvalue weighted by atomic mass is 16.5. The van der Waals surface area contributed by atoms with Gasteiger partial charge in [-0.2, -0.15) is 0 Å². The number of carbonyl (C=O) groups is 1. The van der Waals surface area contributed by atoms with Gasteiger partial charge < -0.3 is 4.74 Å². The van der Waals surface area contributed by atoms with Crippen molar-refractivity contribution in [3.63, 3.8) is 0 Å². The van der Waals surface area contributed by atoms with E-state index in [1.165, 1.54) is 38.2 Å². The molecule has 3 aliphatic rings. The van der Waals surface area contributed by atoms with E-state index >= 15 is 0 Å². The molecule has 2 nitrogen and oxygen atoms in total. The highest BCUT2D eigenvalue weighted by Crippen LogP contribution is 2.74. The second-order valence-electron chi connectivity index (χ2n) is 5.12. The minimum absolute atomic E-state index is 0.146. The fourth-order valence-electron chi connectivity index (χ4n) is 3.80.